The Morgan fingerprint density at radius 1 is 1.41 bits per heavy atom. The number of hydrogen-bond acceptors (Lipinski definition) is 4. The Kier molecular flexibility index (Phi) is 5.33. The Hall–Kier alpha value is -1.91. The van der Waals surface area contributed by atoms with E-state index in [1.54, 1.807) is 19.4 Å². The van der Waals surface area contributed by atoms with Gasteiger partial charge in [-0.05, 0) is 50.5 Å². The molecule has 0 radical (unpaired) electrons. The van der Waals surface area contributed by atoms with Crippen LogP contribution < -0.4 is 0 Å². The number of carbonyl (C=O) groups is 1. The van der Waals surface area contributed by atoms with Crippen molar-refractivity contribution < 1.29 is 19.0 Å². The van der Waals surface area contributed by atoms with Gasteiger partial charge in [0.2, 0.25) is 0 Å². The van der Waals surface area contributed by atoms with Gasteiger partial charge < -0.3 is 14.2 Å². The van der Waals surface area contributed by atoms with Gasteiger partial charge in [0.1, 0.15) is 11.4 Å². The van der Waals surface area contributed by atoms with E-state index in [0.717, 1.165) is 23.3 Å². The van der Waals surface area contributed by atoms with Crippen LogP contribution in [0.4, 0.5) is 0 Å². The second kappa shape index (κ2) is 7.25. The molecular formula is C23H30O4. The van der Waals surface area contributed by atoms with Gasteiger partial charge in [-0.3, -0.25) is 4.79 Å². The molecule has 0 aromatic heterocycles. The summed E-state index contributed by atoms with van der Waals surface area (Å²) < 4.78 is 17.4. The predicted molar refractivity (Wildman–Crippen MR) is 106 cm³/mol. The lowest BCUT2D eigenvalue weighted by molar-refractivity contribution is -0.221. The van der Waals surface area contributed by atoms with Gasteiger partial charge in [-0.15, -0.1) is 0 Å². The van der Waals surface area contributed by atoms with E-state index in [1.165, 1.54) is 5.57 Å². The Labute approximate surface area is 162 Å². The molecule has 0 saturated carbocycles. The first kappa shape index (κ1) is 19.8. The van der Waals surface area contributed by atoms with Crippen LogP contribution in [-0.2, 0) is 19.0 Å². The van der Waals surface area contributed by atoms with Gasteiger partial charge in [0.05, 0.1) is 6.26 Å². The first-order valence-corrected chi connectivity index (χ1v) is 9.67. The van der Waals surface area contributed by atoms with Crippen LogP contribution in [0.15, 0.2) is 59.1 Å². The second-order valence-corrected chi connectivity index (χ2v) is 8.13. The fraction of sp³-hybridized carbons (Fsp3) is 0.522. The van der Waals surface area contributed by atoms with Crippen LogP contribution >= 0.6 is 0 Å². The third-order valence-electron chi connectivity index (χ3n) is 5.91. The highest BCUT2D eigenvalue weighted by Crippen LogP contribution is 2.51. The number of hydrogen-bond donors (Lipinski definition) is 0. The minimum Gasteiger partial charge on any atom is -0.465 e. The van der Waals surface area contributed by atoms with Crippen LogP contribution in [0.5, 0.6) is 0 Å². The van der Waals surface area contributed by atoms with Gasteiger partial charge in [0.15, 0.2) is 11.6 Å². The maximum absolute atomic E-state index is 12.8. The van der Waals surface area contributed by atoms with Gasteiger partial charge in [-0.25, -0.2) is 0 Å². The molecule has 0 N–H and O–H groups in total. The van der Waals surface area contributed by atoms with Crippen molar-refractivity contribution >= 4 is 5.78 Å². The Balaban J connectivity index is 1.83. The van der Waals surface area contributed by atoms with E-state index >= 15 is 0 Å². The van der Waals surface area contributed by atoms with Gasteiger partial charge in [-0.2, -0.15) is 0 Å². The Bertz CT molecular complexity index is 782. The van der Waals surface area contributed by atoms with Crippen LogP contribution in [0.25, 0.3) is 0 Å². The van der Waals surface area contributed by atoms with Crippen LogP contribution in [0.2, 0.25) is 0 Å². The lowest BCUT2D eigenvalue weighted by Gasteiger charge is -2.35. The molecule has 0 bridgehead atoms. The normalized spacial score (nSPS) is 34.4. The summed E-state index contributed by atoms with van der Waals surface area (Å²) in [4.78, 5) is 12.8. The molecule has 1 fully saturated rings. The van der Waals surface area contributed by atoms with Gasteiger partial charge >= 0.3 is 0 Å². The van der Waals surface area contributed by atoms with Crippen LogP contribution in [-0.4, -0.2) is 24.3 Å². The van der Waals surface area contributed by atoms with Gasteiger partial charge in [-0.1, -0.05) is 38.0 Å². The maximum atomic E-state index is 12.8. The van der Waals surface area contributed by atoms with Gasteiger partial charge in [0, 0.05) is 25.0 Å². The number of allylic oxidation sites excluding steroid dienone is 6. The average molecular weight is 370 g/mol. The highest BCUT2D eigenvalue weighted by atomic mass is 16.7. The summed E-state index contributed by atoms with van der Waals surface area (Å²) in [5.74, 6) is 0.419. The van der Waals surface area contributed by atoms with Crippen LogP contribution in [0.3, 0.4) is 0 Å². The van der Waals surface area contributed by atoms with Crippen molar-refractivity contribution in [3.63, 3.8) is 0 Å². The fourth-order valence-corrected chi connectivity index (χ4v) is 3.97. The number of fused-ring (bicyclic) bond motifs is 3. The van der Waals surface area contributed by atoms with E-state index in [2.05, 4.69) is 26.8 Å². The quantitative estimate of drug-likeness (QED) is 0.639. The molecule has 2 heterocycles. The number of methoxy groups -OCH3 is 1. The molecule has 0 spiro atoms. The third kappa shape index (κ3) is 3.74. The van der Waals surface area contributed by atoms with Crippen molar-refractivity contribution in [2.45, 2.75) is 58.8 Å². The standard InChI is InChI=1S/C23H30O4/c1-7-15(2)10-16(3)8-9-18-11-17-12-21(24)23(5)20(19(17)14-26-18)13-22(4,25-6)27-23/h8-12,14-15,20H,7,13H2,1-6H3/t15-,20+,22+,23+/m0/s1. The van der Waals surface area contributed by atoms with Crippen molar-refractivity contribution in [1.82, 2.24) is 0 Å². The molecule has 3 rings (SSSR count). The lowest BCUT2D eigenvalue weighted by Crippen LogP contribution is -2.45. The molecule has 4 nitrogen and oxygen atoms in total. The van der Waals surface area contributed by atoms with E-state index < -0.39 is 11.4 Å². The average Bonchev–Trinajstić information content (AvgIpc) is 2.93. The van der Waals surface area contributed by atoms with E-state index in [0.29, 0.717) is 12.3 Å². The van der Waals surface area contributed by atoms with E-state index in [-0.39, 0.29) is 11.7 Å². The number of carbonyl (C=O) groups excluding carboxylic acids is 1. The molecule has 27 heavy (non-hydrogen) atoms. The van der Waals surface area contributed by atoms with Crippen molar-refractivity contribution in [3.05, 3.63) is 59.1 Å². The summed E-state index contributed by atoms with van der Waals surface area (Å²) in [5.41, 5.74) is 2.20. The van der Waals surface area contributed by atoms with E-state index in [1.807, 2.05) is 32.1 Å². The smallest absolute Gasteiger partial charge is 0.188 e. The molecule has 0 aromatic carbocycles. The molecule has 4 heteroatoms. The summed E-state index contributed by atoms with van der Waals surface area (Å²) >= 11 is 0. The van der Waals surface area contributed by atoms with Crippen molar-refractivity contribution in [2.24, 2.45) is 11.8 Å². The molecule has 4 atom stereocenters. The molecular weight excluding hydrogens is 340 g/mol. The summed E-state index contributed by atoms with van der Waals surface area (Å²) in [6.45, 7) is 10.2. The Morgan fingerprint density at radius 2 is 2.15 bits per heavy atom. The summed E-state index contributed by atoms with van der Waals surface area (Å²) in [6.07, 6.45) is 13.3. The van der Waals surface area contributed by atoms with Crippen molar-refractivity contribution in [2.75, 3.05) is 7.11 Å². The zero-order chi connectivity index (χ0) is 19.8. The van der Waals surface area contributed by atoms with Crippen LogP contribution in [0.1, 0.15) is 47.5 Å². The second-order valence-electron chi connectivity index (χ2n) is 8.13. The van der Waals surface area contributed by atoms with E-state index in [4.69, 9.17) is 14.2 Å². The van der Waals surface area contributed by atoms with E-state index in [9.17, 15) is 4.79 Å². The van der Waals surface area contributed by atoms with Crippen LogP contribution in [0, 0.1) is 11.8 Å². The monoisotopic (exact) mass is 370 g/mol. The van der Waals surface area contributed by atoms with Crippen molar-refractivity contribution in [3.8, 4) is 0 Å². The molecule has 0 amide bonds. The zero-order valence-corrected chi connectivity index (χ0v) is 17.2. The predicted octanol–water partition coefficient (Wildman–Crippen LogP) is 5.00. The molecule has 146 valence electrons. The minimum absolute atomic E-state index is 0.0187. The SMILES string of the molecule is CC[C@H](C)C=C(C)C=CC1=CC2=CC(=O)[C@]3(C)O[C@@](C)(OC)C[C@@H]3C2=CO1. The number of ether oxygens (including phenoxy) is 3. The minimum atomic E-state index is -0.903. The Morgan fingerprint density at radius 3 is 2.81 bits per heavy atom. The molecule has 3 aliphatic rings. The summed E-state index contributed by atoms with van der Waals surface area (Å²) in [6, 6.07) is 0. The topological polar surface area (TPSA) is 44.8 Å². The highest BCUT2D eigenvalue weighted by Gasteiger charge is 2.58. The summed E-state index contributed by atoms with van der Waals surface area (Å²) in [7, 11) is 1.61. The zero-order valence-electron chi connectivity index (χ0n) is 17.2. The highest BCUT2D eigenvalue weighted by molar-refractivity contribution is 6.01. The molecule has 2 aliphatic heterocycles. The maximum Gasteiger partial charge on any atom is 0.188 e. The van der Waals surface area contributed by atoms with Gasteiger partial charge in [0.25, 0.3) is 0 Å². The lowest BCUT2D eigenvalue weighted by atomic mass is 9.72. The molecule has 1 saturated heterocycles. The molecule has 0 aromatic rings. The molecule has 1 aliphatic carbocycles. The largest absolute Gasteiger partial charge is 0.465 e. The first-order chi connectivity index (χ1) is 12.7. The number of rotatable bonds is 5. The molecule has 0 unspecified atom stereocenters. The third-order valence-corrected chi connectivity index (χ3v) is 5.91. The fourth-order valence-electron chi connectivity index (χ4n) is 3.97. The first-order valence-electron chi connectivity index (χ1n) is 9.67. The number of ketones is 1. The van der Waals surface area contributed by atoms with Crippen molar-refractivity contribution in [1.29, 1.82) is 0 Å². The summed E-state index contributed by atoms with van der Waals surface area (Å²) in [5, 5.41) is 0.